The number of aryl methyl sites for hydroxylation is 1. The summed E-state index contributed by atoms with van der Waals surface area (Å²) in [5.74, 6) is 0.912. The Kier molecular flexibility index (Phi) is 3.10. The van der Waals surface area contributed by atoms with E-state index in [0.29, 0.717) is 17.8 Å². The quantitative estimate of drug-likeness (QED) is 0.820. The van der Waals surface area contributed by atoms with Crippen molar-refractivity contribution in [2.75, 3.05) is 0 Å². The highest BCUT2D eigenvalue weighted by Gasteiger charge is 2.08. The molecule has 0 aromatic heterocycles. The summed E-state index contributed by atoms with van der Waals surface area (Å²) in [7, 11) is 0. The highest BCUT2D eigenvalue weighted by atomic mass is 16.5. The monoisotopic (exact) mass is 228 g/mol. The van der Waals surface area contributed by atoms with E-state index < -0.39 is 0 Å². The zero-order chi connectivity index (χ0) is 12.3. The molecule has 0 saturated heterocycles. The summed E-state index contributed by atoms with van der Waals surface area (Å²) < 4.78 is 5.57. The number of phenols is 1. The fraction of sp³-hybridized carbons (Fsp3) is 0.0714. The molecular formula is C14H12O3. The summed E-state index contributed by atoms with van der Waals surface area (Å²) in [6.07, 6.45) is 0.584. The molecular weight excluding hydrogens is 216 g/mol. The Morgan fingerprint density at radius 1 is 1.18 bits per heavy atom. The van der Waals surface area contributed by atoms with Crippen molar-refractivity contribution in [3.63, 3.8) is 0 Å². The van der Waals surface area contributed by atoms with Gasteiger partial charge in [-0.15, -0.1) is 0 Å². The molecule has 0 aliphatic rings. The minimum absolute atomic E-state index is 0.0786. The van der Waals surface area contributed by atoms with Crippen molar-refractivity contribution in [1.82, 2.24) is 0 Å². The molecule has 0 saturated carbocycles. The number of phenolic OH excluding ortho intramolecular Hbond substituents is 1. The van der Waals surface area contributed by atoms with Crippen LogP contribution in [-0.4, -0.2) is 11.4 Å². The minimum atomic E-state index is -0.0786. The summed E-state index contributed by atoms with van der Waals surface area (Å²) in [6, 6.07) is 12.2. The highest BCUT2D eigenvalue weighted by molar-refractivity contribution is 5.83. The summed E-state index contributed by atoms with van der Waals surface area (Å²) in [6.45, 7) is 1.95. The van der Waals surface area contributed by atoms with Gasteiger partial charge in [-0.1, -0.05) is 18.2 Å². The SMILES string of the molecule is Cc1cccc(Oc2cccc(O)c2C=O)c1. The molecule has 2 aromatic rings. The molecule has 3 nitrogen and oxygen atoms in total. The van der Waals surface area contributed by atoms with Crippen molar-refractivity contribution in [3.05, 3.63) is 53.6 Å². The topological polar surface area (TPSA) is 46.5 Å². The second-order valence-corrected chi connectivity index (χ2v) is 3.73. The maximum Gasteiger partial charge on any atom is 0.157 e. The number of hydrogen-bond donors (Lipinski definition) is 1. The lowest BCUT2D eigenvalue weighted by molar-refractivity contribution is 0.111. The number of rotatable bonds is 3. The number of aromatic hydroxyl groups is 1. The van der Waals surface area contributed by atoms with Gasteiger partial charge in [0.25, 0.3) is 0 Å². The Morgan fingerprint density at radius 3 is 2.65 bits per heavy atom. The third-order valence-electron chi connectivity index (χ3n) is 2.38. The van der Waals surface area contributed by atoms with Crippen LogP contribution < -0.4 is 4.74 Å². The van der Waals surface area contributed by atoms with Crippen LogP contribution in [0.15, 0.2) is 42.5 Å². The van der Waals surface area contributed by atoms with E-state index in [4.69, 9.17) is 4.74 Å². The molecule has 0 bridgehead atoms. The molecule has 2 rings (SSSR count). The van der Waals surface area contributed by atoms with Crippen molar-refractivity contribution in [2.45, 2.75) is 6.92 Å². The van der Waals surface area contributed by atoms with Gasteiger partial charge < -0.3 is 9.84 Å². The highest BCUT2D eigenvalue weighted by Crippen LogP contribution is 2.29. The van der Waals surface area contributed by atoms with Crippen LogP contribution in [0.1, 0.15) is 15.9 Å². The van der Waals surface area contributed by atoms with Crippen molar-refractivity contribution in [3.8, 4) is 17.2 Å². The second kappa shape index (κ2) is 4.70. The van der Waals surface area contributed by atoms with E-state index >= 15 is 0 Å². The molecule has 0 spiro atoms. The van der Waals surface area contributed by atoms with Gasteiger partial charge in [0.2, 0.25) is 0 Å². The average Bonchev–Trinajstić information content (AvgIpc) is 2.29. The molecule has 3 heteroatoms. The summed E-state index contributed by atoms with van der Waals surface area (Å²) in [5.41, 5.74) is 1.23. The van der Waals surface area contributed by atoms with Gasteiger partial charge in [-0.3, -0.25) is 4.79 Å². The van der Waals surface area contributed by atoms with Crippen LogP contribution in [-0.2, 0) is 0 Å². The Labute approximate surface area is 99.3 Å². The smallest absolute Gasteiger partial charge is 0.157 e. The molecule has 0 unspecified atom stereocenters. The van der Waals surface area contributed by atoms with Crippen molar-refractivity contribution < 1.29 is 14.6 Å². The lowest BCUT2D eigenvalue weighted by Gasteiger charge is -2.09. The Morgan fingerprint density at radius 2 is 1.94 bits per heavy atom. The van der Waals surface area contributed by atoms with E-state index in [-0.39, 0.29) is 11.3 Å². The van der Waals surface area contributed by atoms with Gasteiger partial charge in [-0.25, -0.2) is 0 Å². The lowest BCUT2D eigenvalue weighted by atomic mass is 10.2. The normalized spacial score (nSPS) is 9.94. The van der Waals surface area contributed by atoms with Gasteiger partial charge in [0.05, 0.1) is 5.56 Å². The van der Waals surface area contributed by atoms with Gasteiger partial charge in [-0.05, 0) is 36.8 Å². The molecule has 0 amide bonds. The largest absolute Gasteiger partial charge is 0.507 e. The first-order chi connectivity index (χ1) is 8.20. The van der Waals surface area contributed by atoms with E-state index in [0.717, 1.165) is 5.56 Å². The Balaban J connectivity index is 2.36. The van der Waals surface area contributed by atoms with Crippen molar-refractivity contribution in [2.24, 2.45) is 0 Å². The predicted molar refractivity (Wildman–Crippen MR) is 64.7 cm³/mol. The fourth-order valence-corrected chi connectivity index (χ4v) is 1.55. The number of benzene rings is 2. The van der Waals surface area contributed by atoms with Crippen LogP contribution in [0.4, 0.5) is 0 Å². The van der Waals surface area contributed by atoms with Crippen LogP contribution in [0.3, 0.4) is 0 Å². The maximum atomic E-state index is 10.9. The van der Waals surface area contributed by atoms with Gasteiger partial charge >= 0.3 is 0 Å². The minimum Gasteiger partial charge on any atom is -0.507 e. The number of carbonyl (C=O) groups is 1. The average molecular weight is 228 g/mol. The van der Waals surface area contributed by atoms with Crippen LogP contribution >= 0.6 is 0 Å². The molecule has 86 valence electrons. The van der Waals surface area contributed by atoms with Gasteiger partial charge in [-0.2, -0.15) is 0 Å². The van der Waals surface area contributed by atoms with Gasteiger partial charge in [0, 0.05) is 0 Å². The predicted octanol–water partition coefficient (Wildman–Crippen LogP) is 3.31. The first-order valence-electron chi connectivity index (χ1n) is 5.22. The molecule has 0 heterocycles. The Bertz CT molecular complexity index is 547. The van der Waals surface area contributed by atoms with Crippen LogP contribution in [0.25, 0.3) is 0 Å². The zero-order valence-corrected chi connectivity index (χ0v) is 9.38. The maximum absolute atomic E-state index is 10.9. The molecule has 0 fully saturated rings. The second-order valence-electron chi connectivity index (χ2n) is 3.73. The number of hydrogen-bond acceptors (Lipinski definition) is 3. The number of carbonyl (C=O) groups excluding carboxylic acids is 1. The van der Waals surface area contributed by atoms with E-state index in [1.807, 2.05) is 25.1 Å². The fourth-order valence-electron chi connectivity index (χ4n) is 1.55. The zero-order valence-electron chi connectivity index (χ0n) is 9.38. The molecule has 1 N–H and O–H groups in total. The van der Waals surface area contributed by atoms with Crippen LogP contribution in [0.5, 0.6) is 17.2 Å². The molecule has 0 radical (unpaired) electrons. The Hall–Kier alpha value is -2.29. The molecule has 0 aliphatic carbocycles. The van der Waals surface area contributed by atoms with Crippen molar-refractivity contribution in [1.29, 1.82) is 0 Å². The summed E-state index contributed by atoms with van der Waals surface area (Å²) in [5, 5.41) is 9.51. The van der Waals surface area contributed by atoms with Crippen molar-refractivity contribution >= 4 is 6.29 Å². The van der Waals surface area contributed by atoms with Crippen LogP contribution in [0.2, 0.25) is 0 Å². The van der Waals surface area contributed by atoms with E-state index in [1.165, 1.54) is 6.07 Å². The van der Waals surface area contributed by atoms with Gasteiger partial charge in [0.1, 0.15) is 17.2 Å². The van der Waals surface area contributed by atoms with E-state index in [9.17, 15) is 9.90 Å². The first kappa shape index (κ1) is 11.2. The standard InChI is InChI=1S/C14H12O3/c1-10-4-2-5-11(8-10)17-14-7-3-6-13(16)12(14)9-15/h2-9,16H,1H3. The van der Waals surface area contributed by atoms with E-state index in [2.05, 4.69) is 0 Å². The third-order valence-corrected chi connectivity index (χ3v) is 2.38. The van der Waals surface area contributed by atoms with Gasteiger partial charge in [0.15, 0.2) is 6.29 Å². The summed E-state index contributed by atoms with van der Waals surface area (Å²) >= 11 is 0. The number of ether oxygens (including phenoxy) is 1. The van der Waals surface area contributed by atoms with Crippen LogP contribution in [0, 0.1) is 6.92 Å². The molecule has 2 aromatic carbocycles. The summed E-state index contributed by atoms with van der Waals surface area (Å²) in [4.78, 5) is 10.9. The number of aldehydes is 1. The lowest BCUT2D eigenvalue weighted by Crippen LogP contribution is -1.91. The third kappa shape index (κ3) is 2.45. The first-order valence-corrected chi connectivity index (χ1v) is 5.22. The molecule has 0 atom stereocenters. The molecule has 17 heavy (non-hydrogen) atoms. The van der Waals surface area contributed by atoms with E-state index in [1.54, 1.807) is 18.2 Å². The molecule has 0 aliphatic heterocycles.